The van der Waals surface area contributed by atoms with Crippen LogP contribution in [-0.2, 0) is 25.7 Å². The Morgan fingerprint density at radius 3 is 2.51 bits per heavy atom. The van der Waals surface area contributed by atoms with E-state index in [4.69, 9.17) is 0 Å². The lowest BCUT2D eigenvalue weighted by Gasteiger charge is -2.46. The number of amides is 4. The van der Waals surface area contributed by atoms with Crippen molar-refractivity contribution >= 4 is 46.0 Å². The van der Waals surface area contributed by atoms with Crippen LogP contribution in [-0.4, -0.2) is 58.1 Å². The molecule has 47 heavy (non-hydrogen) atoms. The van der Waals surface area contributed by atoms with Gasteiger partial charge in [-0.2, -0.15) is 0 Å². The average molecular weight is 645 g/mol. The van der Waals surface area contributed by atoms with Gasteiger partial charge in [-0.25, -0.2) is 0 Å². The fourth-order valence-electron chi connectivity index (χ4n) is 7.58. The number of H-pyrrole nitrogens is 1. The minimum absolute atomic E-state index is 0.0582. The highest BCUT2D eigenvalue weighted by Gasteiger charge is 2.40. The van der Waals surface area contributed by atoms with Crippen LogP contribution in [0.3, 0.4) is 0 Å². The number of aryl methyl sites for hydroxylation is 1. The molecule has 12 nitrogen and oxygen atoms in total. The van der Waals surface area contributed by atoms with Crippen LogP contribution in [0.2, 0.25) is 0 Å². The van der Waals surface area contributed by atoms with Crippen molar-refractivity contribution in [3.8, 4) is 0 Å². The quantitative estimate of drug-likeness (QED) is 0.201. The molecule has 2 aromatic heterocycles. The molecule has 5 rings (SSSR count). The molecule has 2 heterocycles. The van der Waals surface area contributed by atoms with E-state index in [-0.39, 0.29) is 42.7 Å². The number of ketones is 1. The van der Waals surface area contributed by atoms with E-state index in [1.807, 2.05) is 24.3 Å². The molecule has 2 bridgehead atoms. The molecule has 0 radical (unpaired) electrons. The van der Waals surface area contributed by atoms with Crippen LogP contribution < -0.4 is 26.8 Å². The molecule has 0 saturated heterocycles. The van der Waals surface area contributed by atoms with Gasteiger partial charge < -0.3 is 30.8 Å². The molecular formula is C35H44N6O6. The molecule has 0 spiro atoms. The van der Waals surface area contributed by atoms with E-state index < -0.39 is 35.1 Å². The van der Waals surface area contributed by atoms with Gasteiger partial charge >= 0.3 is 0 Å². The molecule has 2 fully saturated rings. The zero-order chi connectivity index (χ0) is 33.8. The predicted molar refractivity (Wildman–Crippen MR) is 178 cm³/mol. The lowest BCUT2D eigenvalue weighted by Crippen LogP contribution is -2.51. The molecule has 1 aromatic carbocycles. The second-order valence-electron chi connectivity index (χ2n) is 13.3. The Kier molecular flexibility index (Phi) is 10.3. The number of benzene rings is 1. The summed E-state index contributed by atoms with van der Waals surface area (Å²) in [4.78, 5) is 80.6. The van der Waals surface area contributed by atoms with Crippen LogP contribution in [0.4, 0.5) is 5.69 Å². The lowest BCUT2D eigenvalue weighted by atomic mass is 9.63. The maximum Gasteiger partial charge on any atom is 0.287 e. The molecule has 4 amide bonds. The largest absolute Gasteiger partial charge is 0.353 e. The van der Waals surface area contributed by atoms with Gasteiger partial charge in [-0.05, 0) is 86.5 Å². The van der Waals surface area contributed by atoms with E-state index in [1.54, 1.807) is 13.0 Å². The number of rotatable bonds is 11. The van der Waals surface area contributed by atoms with Gasteiger partial charge in [-0.15, -0.1) is 0 Å². The lowest BCUT2D eigenvalue weighted by molar-refractivity contribution is -0.137. The topological polar surface area (TPSA) is 171 Å². The van der Waals surface area contributed by atoms with E-state index in [0.29, 0.717) is 29.2 Å². The SMILES string of the molecule is CNC(=O)C(=O)CC[C@H](NC(=O)c1[nH]c2ccccc2c1C)C(=O)Nc1cccn(CC(=O)NC2C(C)CC3CC(C)CC2C3)c1=O. The number of Topliss-reactive ketones (excluding diaryl/α,β-unsaturated/α-hetero) is 1. The molecule has 250 valence electrons. The Labute approximate surface area is 273 Å². The van der Waals surface area contributed by atoms with E-state index in [0.717, 1.165) is 30.2 Å². The summed E-state index contributed by atoms with van der Waals surface area (Å²) < 4.78 is 1.24. The summed E-state index contributed by atoms with van der Waals surface area (Å²) in [6.45, 7) is 6.02. The number of nitrogens with zero attached hydrogens (tertiary/aromatic N) is 1. The van der Waals surface area contributed by atoms with Gasteiger partial charge in [-0.3, -0.25) is 28.8 Å². The summed E-state index contributed by atoms with van der Waals surface area (Å²) in [5.41, 5.74) is 1.01. The Balaban J connectivity index is 1.29. The Hall–Kier alpha value is -4.74. The van der Waals surface area contributed by atoms with Crippen molar-refractivity contribution in [1.82, 2.24) is 25.5 Å². The monoisotopic (exact) mass is 644 g/mol. The van der Waals surface area contributed by atoms with Gasteiger partial charge in [0.05, 0.1) is 0 Å². The molecular weight excluding hydrogens is 600 g/mol. The number of carbonyl (C=O) groups excluding carboxylic acids is 5. The van der Waals surface area contributed by atoms with Crippen molar-refractivity contribution in [3.63, 3.8) is 0 Å². The number of aromatic nitrogens is 2. The van der Waals surface area contributed by atoms with Crippen LogP contribution in [0.25, 0.3) is 10.9 Å². The summed E-state index contributed by atoms with van der Waals surface area (Å²) in [7, 11) is 1.33. The van der Waals surface area contributed by atoms with E-state index in [1.165, 1.54) is 30.3 Å². The molecule has 2 aliphatic rings. The maximum absolute atomic E-state index is 13.5. The highest BCUT2D eigenvalue weighted by Crippen LogP contribution is 2.44. The minimum atomic E-state index is -1.26. The number of para-hydroxylation sites is 1. The van der Waals surface area contributed by atoms with Crippen LogP contribution in [0.5, 0.6) is 0 Å². The first-order chi connectivity index (χ1) is 22.4. The van der Waals surface area contributed by atoms with Gasteiger partial charge in [0, 0.05) is 36.6 Å². The van der Waals surface area contributed by atoms with Gasteiger partial charge in [0.2, 0.25) is 17.6 Å². The number of hydrogen-bond donors (Lipinski definition) is 5. The highest BCUT2D eigenvalue weighted by atomic mass is 16.2. The first-order valence-corrected chi connectivity index (χ1v) is 16.4. The molecule has 12 heteroatoms. The smallest absolute Gasteiger partial charge is 0.287 e. The Morgan fingerprint density at radius 2 is 1.77 bits per heavy atom. The maximum atomic E-state index is 13.5. The zero-order valence-electron chi connectivity index (χ0n) is 27.4. The number of nitrogens with one attached hydrogen (secondary N) is 5. The number of pyridine rings is 1. The van der Waals surface area contributed by atoms with Crippen LogP contribution >= 0.6 is 0 Å². The van der Waals surface area contributed by atoms with E-state index >= 15 is 0 Å². The van der Waals surface area contributed by atoms with E-state index in [9.17, 15) is 28.8 Å². The summed E-state index contributed by atoms with van der Waals surface area (Å²) >= 11 is 0. The van der Waals surface area contributed by atoms with Crippen molar-refractivity contribution < 1.29 is 24.0 Å². The van der Waals surface area contributed by atoms with Gasteiger partial charge in [0.25, 0.3) is 17.4 Å². The standard InChI is InChI=1S/C35H44N6O6/c1-19-14-22-16-20(2)30(23(15-19)17-22)40-29(43)18-41-13-7-10-27(35(41)47)39-32(44)26(11-12-28(42)33(45)36-4)38-34(46)31-21(3)24-8-5-6-9-25(24)37-31/h5-10,13,19-20,22-23,26,30,37H,11-12,14-18H2,1-4H3,(H,36,45)(H,38,46)(H,39,44)(H,40,43)/t19?,20?,22?,23?,26-,30?/m0/s1. The normalized spacial score (nSPS) is 22.6. The van der Waals surface area contributed by atoms with Gasteiger partial charge in [-0.1, -0.05) is 32.0 Å². The number of hydrogen-bond acceptors (Lipinski definition) is 6. The molecule has 6 atom stereocenters. The predicted octanol–water partition coefficient (Wildman–Crippen LogP) is 3.05. The summed E-state index contributed by atoms with van der Waals surface area (Å²) in [6, 6.07) is 9.15. The summed E-state index contributed by atoms with van der Waals surface area (Å²) in [5, 5.41) is 11.5. The van der Waals surface area contributed by atoms with Gasteiger partial charge in [0.15, 0.2) is 0 Å². The van der Waals surface area contributed by atoms with Crippen LogP contribution in [0.15, 0.2) is 47.4 Å². The number of aromatic amines is 1. The molecule has 0 aliphatic heterocycles. The van der Waals surface area contributed by atoms with Crippen LogP contribution in [0, 0.1) is 30.6 Å². The molecule has 3 aromatic rings. The second-order valence-corrected chi connectivity index (χ2v) is 13.3. The Morgan fingerprint density at radius 1 is 1.00 bits per heavy atom. The third kappa shape index (κ3) is 7.64. The number of likely N-dealkylation sites (N-methyl/N-ethyl adjacent to an activating group) is 1. The third-order valence-corrected chi connectivity index (χ3v) is 9.78. The zero-order valence-corrected chi connectivity index (χ0v) is 27.4. The Bertz CT molecular complexity index is 1740. The fraction of sp³-hybridized carbons (Fsp3) is 0.486. The van der Waals surface area contributed by atoms with Crippen molar-refractivity contribution in [3.05, 3.63) is 64.2 Å². The van der Waals surface area contributed by atoms with E-state index in [2.05, 4.69) is 40.1 Å². The van der Waals surface area contributed by atoms with Crippen molar-refractivity contribution in [2.45, 2.75) is 77.9 Å². The average Bonchev–Trinajstić information content (AvgIpc) is 3.38. The van der Waals surface area contributed by atoms with Crippen LogP contribution in [0.1, 0.15) is 68.4 Å². The van der Waals surface area contributed by atoms with Crippen molar-refractivity contribution in [1.29, 1.82) is 0 Å². The fourth-order valence-corrected chi connectivity index (χ4v) is 7.58. The summed E-state index contributed by atoms with van der Waals surface area (Å²) in [5.74, 6) is -1.03. The molecule has 2 aliphatic carbocycles. The first-order valence-electron chi connectivity index (χ1n) is 16.4. The van der Waals surface area contributed by atoms with Gasteiger partial charge in [0.1, 0.15) is 24.0 Å². The first kappa shape index (κ1) is 33.6. The van der Waals surface area contributed by atoms with Crippen molar-refractivity contribution in [2.24, 2.45) is 23.7 Å². The third-order valence-electron chi connectivity index (χ3n) is 9.78. The number of carbonyl (C=O) groups is 5. The molecule has 5 unspecified atom stereocenters. The number of anilines is 1. The second kappa shape index (κ2) is 14.4. The highest BCUT2D eigenvalue weighted by molar-refractivity contribution is 6.36. The number of fused-ring (bicyclic) bond motifs is 3. The summed E-state index contributed by atoms with van der Waals surface area (Å²) in [6.07, 6.45) is 5.51. The van der Waals surface area contributed by atoms with Crippen molar-refractivity contribution in [2.75, 3.05) is 12.4 Å². The molecule has 2 saturated carbocycles. The minimum Gasteiger partial charge on any atom is -0.353 e. The molecule has 5 N–H and O–H groups in total.